The highest BCUT2D eigenvalue weighted by Crippen LogP contribution is 2.38. The van der Waals surface area contributed by atoms with Crippen molar-refractivity contribution in [1.82, 2.24) is 14.9 Å². The summed E-state index contributed by atoms with van der Waals surface area (Å²) >= 11 is 2.27. The van der Waals surface area contributed by atoms with E-state index >= 15 is 0 Å². The molecule has 0 bridgehead atoms. The maximum absolute atomic E-state index is 13.8. The van der Waals surface area contributed by atoms with Crippen LogP contribution in [0.1, 0.15) is 36.8 Å². The molecule has 0 aliphatic rings. The fourth-order valence-electron chi connectivity index (χ4n) is 6.20. The number of nitro groups is 2. The van der Waals surface area contributed by atoms with E-state index in [0.717, 1.165) is 33.9 Å². The maximum Gasteiger partial charge on any atom is 0.416 e. The molecule has 2 heterocycles. The number of carbonyl (C=O) groups excluding carboxylic acids is 2. The smallest absolute Gasteiger partial charge is 0.306 e. The Kier molecular flexibility index (Phi) is 13.2. The average molecular weight is 844 g/mol. The van der Waals surface area contributed by atoms with Crippen LogP contribution in [-0.2, 0) is 15.8 Å². The third kappa shape index (κ3) is 10.6. The number of carbonyl (C=O) groups is 2. The van der Waals surface area contributed by atoms with Crippen molar-refractivity contribution < 1.29 is 32.6 Å². The summed E-state index contributed by atoms with van der Waals surface area (Å²) in [5.74, 6) is -0.696. The van der Waals surface area contributed by atoms with Crippen molar-refractivity contribution in [3.63, 3.8) is 0 Å². The zero-order valence-electron chi connectivity index (χ0n) is 31.7. The van der Waals surface area contributed by atoms with Gasteiger partial charge in [-0.05, 0) is 75.8 Å². The standard InChI is InChI=1S/C41H36F3N7O6S2/c1-27-9-3-13-31(21-27)48(39-45-35(25-58-39)28-10-4-15-33(22-28)50(54)55)37(52)17-7-19-47(2)20-8-18-38(53)49(32-14-6-12-30(24-32)41(42,43)44)40-46-36(26-59-40)29-11-5-16-34(23-29)51(56)57/h3-6,9-16,21-26H,7-8,17-20H2,1-2H3. The second-order valence-corrected chi connectivity index (χ2v) is 15.2. The van der Waals surface area contributed by atoms with Crippen LogP contribution in [0, 0.1) is 27.2 Å². The van der Waals surface area contributed by atoms with E-state index in [0.29, 0.717) is 59.3 Å². The second-order valence-electron chi connectivity index (χ2n) is 13.5. The van der Waals surface area contributed by atoms with Gasteiger partial charge >= 0.3 is 6.18 Å². The minimum Gasteiger partial charge on any atom is -0.306 e. The first kappa shape index (κ1) is 42.2. The van der Waals surface area contributed by atoms with Crippen LogP contribution in [0.25, 0.3) is 22.5 Å². The van der Waals surface area contributed by atoms with Crippen LogP contribution in [0.3, 0.4) is 0 Å². The summed E-state index contributed by atoms with van der Waals surface area (Å²) in [6, 6.07) is 23.7. The number of hydrogen-bond acceptors (Lipinski definition) is 11. The van der Waals surface area contributed by atoms with Gasteiger partial charge in [-0.1, -0.05) is 42.5 Å². The molecular weight excluding hydrogens is 808 g/mol. The van der Waals surface area contributed by atoms with Crippen LogP contribution in [-0.4, -0.2) is 56.7 Å². The van der Waals surface area contributed by atoms with Crippen LogP contribution in [0.5, 0.6) is 0 Å². The van der Waals surface area contributed by atoms with E-state index in [4.69, 9.17) is 0 Å². The first-order chi connectivity index (χ1) is 28.2. The number of halogens is 3. The highest BCUT2D eigenvalue weighted by Gasteiger charge is 2.32. The number of aromatic nitrogens is 2. The van der Waals surface area contributed by atoms with Crippen LogP contribution < -0.4 is 9.80 Å². The Morgan fingerprint density at radius 2 is 1.14 bits per heavy atom. The van der Waals surface area contributed by atoms with Gasteiger partial charge in [0.15, 0.2) is 10.3 Å². The maximum atomic E-state index is 13.8. The van der Waals surface area contributed by atoms with Gasteiger partial charge in [0, 0.05) is 59.0 Å². The first-order valence-electron chi connectivity index (χ1n) is 18.2. The summed E-state index contributed by atoms with van der Waals surface area (Å²) in [6.07, 6.45) is -3.73. The molecule has 304 valence electrons. The van der Waals surface area contributed by atoms with Gasteiger partial charge in [-0.3, -0.25) is 39.6 Å². The van der Waals surface area contributed by atoms with Crippen molar-refractivity contribution >= 4 is 67.5 Å². The summed E-state index contributed by atoms with van der Waals surface area (Å²) in [5, 5.41) is 26.5. The average Bonchev–Trinajstić information content (AvgIpc) is 3.89. The number of nitro benzene ring substituents is 2. The van der Waals surface area contributed by atoms with Crippen LogP contribution in [0.4, 0.5) is 46.2 Å². The summed E-state index contributed by atoms with van der Waals surface area (Å²) in [4.78, 5) is 63.1. The van der Waals surface area contributed by atoms with E-state index in [1.165, 1.54) is 53.8 Å². The number of alkyl halides is 3. The minimum atomic E-state index is -4.65. The molecule has 0 saturated heterocycles. The van der Waals surface area contributed by atoms with Gasteiger partial charge in [0.2, 0.25) is 11.8 Å². The molecule has 2 amide bonds. The zero-order valence-corrected chi connectivity index (χ0v) is 33.3. The number of amides is 2. The first-order valence-corrected chi connectivity index (χ1v) is 19.9. The number of aryl methyl sites for hydroxylation is 1. The van der Waals surface area contributed by atoms with E-state index in [1.807, 2.05) is 43.1 Å². The largest absolute Gasteiger partial charge is 0.416 e. The van der Waals surface area contributed by atoms with Crippen molar-refractivity contribution in [2.75, 3.05) is 29.9 Å². The lowest BCUT2D eigenvalue weighted by molar-refractivity contribution is -0.385. The Hall–Kier alpha value is -6.37. The molecule has 18 heteroatoms. The number of anilines is 4. The molecule has 0 saturated carbocycles. The topological polar surface area (TPSA) is 156 Å². The number of thiazole rings is 2. The van der Waals surface area contributed by atoms with Crippen LogP contribution in [0.2, 0.25) is 0 Å². The van der Waals surface area contributed by atoms with Crippen LogP contribution >= 0.6 is 22.7 Å². The lowest BCUT2D eigenvalue weighted by Gasteiger charge is -2.23. The van der Waals surface area contributed by atoms with Crippen molar-refractivity contribution in [2.24, 2.45) is 0 Å². The lowest BCUT2D eigenvalue weighted by atomic mass is 10.1. The minimum absolute atomic E-state index is 0.0211. The molecule has 0 spiro atoms. The van der Waals surface area contributed by atoms with E-state index in [-0.39, 0.29) is 40.9 Å². The third-order valence-corrected chi connectivity index (χ3v) is 10.8. The van der Waals surface area contributed by atoms with Crippen molar-refractivity contribution in [3.05, 3.63) is 139 Å². The van der Waals surface area contributed by atoms with Gasteiger partial charge in [0.05, 0.1) is 38.2 Å². The number of non-ortho nitro benzene ring substituents is 2. The van der Waals surface area contributed by atoms with Gasteiger partial charge < -0.3 is 4.90 Å². The number of benzene rings is 4. The van der Waals surface area contributed by atoms with Crippen LogP contribution in [0.15, 0.2) is 108 Å². The Morgan fingerprint density at radius 1 is 0.678 bits per heavy atom. The molecule has 13 nitrogen and oxygen atoms in total. The Labute approximate surface area is 344 Å². The van der Waals surface area contributed by atoms with E-state index in [1.54, 1.807) is 33.9 Å². The molecule has 0 atom stereocenters. The summed E-state index contributed by atoms with van der Waals surface area (Å²) in [5.41, 5.74) is 2.17. The van der Waals surface area contributed by atoms with Crippen molar-refractivity contribution in [2.45, 2.75) is 38.8 Å². The quantitative estimate of drug-likeness (QED) is 0.0683. The second kappa shape index (κ2) is 18.5. The van der Waals surface area contributed by atoms with Gasteiger partial charge in [-0.25, -0.2) is 9.97 Å². The molecule has 0 radical (unpaired) electrons. The van der Waals surface area contributed by atoms with E-state index < -0.39 is 27.5 Å². The number of hydrogen-bond donors (Lipinski definition) is 0. The molecule has 0 N–H and O–H groups in total. The summed E-state index contributed by atoms with van der Waals surface area (Å²) < 4.78 is 41.2. The fraction of sp³-hybridized carbons (Fsp3) is 0.220. The van der Waals surface area contributed by atoms with Gasteiger partial charge in [-0.2, -0.15) is 13.2 Å². The van der Waals surface area contributed by atoms with Gasteiger partial charge in [0.25, 0.3) is 11.4 Å². The van der Waals surface area contributed by atoms with Gasteiger partial charge in [-0.15, -0.1) is 22.7 Å². The molecule has 59 heavy (non-hydrogen) atoms. The van der Waals surface area contributed by atoms with E-state index in [2.05, 4.69) is 9.97 Å². The highest BCUT2D eigenvalue weighted by molar-refractivity contribution is 7.14. The Morgan fingerprint density at radius 3 is 1.59 bits per heavy atom. The predicted octanol–water partition coefficient (Wildman–Crippen LogP) is 10.6. The molecular formula is C41H36F3N7O6S2. The monoisotopic (exact) mass is 843 g/mol. The summed E-state index contributed by atoms with van der Waals surface area (Å²) in [6.45, 7) is 2.85. The fourth-order valence-corrected chi connectivity index (χ4v) is 7.94. The molecule has 0 aliphatic carbocycles. The van der Waals surface area contributed by atoms with Crippen molar-refractivity contribution in [1.29, 1.82) is 0 Å². The molecule has 0 unspecified atom stereocenters. The number of nitrogens with zero attached hydrogens (tertiary/aromatic N) is 7. The molecule has 6 aromatic rings. The zero-order chi connectivity index (χ0) is 42.3. The molecule has 4 aromatic carbocycles. The van der Waals surface area contributed by atoms with Gasteiger partial charge in [0.1, 0.15) is 0 Å². The predicted molar refractivity (Wildman–Crippen MR) is 221 cm³/mol. The Bertz CT molecular complexity index is 2490. The highest BCUT2D eigenvalue weighted by atomic mass is 32.1. The van der Waals surface area contributed by atoms with Crippen molar-refractivity contribution in [3.8, 4) is 22.5 Å². The molecule has 0 aliphatic heterocycles. The summed E-state index contributed by atoms with van der Waals surface area (Å²) in [7, 11) is 1.84. The molecule has 6 rings (SSSR count). The van der Waals surface area contributed by atoms with E-state index in [9.17, 15) is 43.0 Å². The number of rotatable bonds is 16. The molecule has 2 aromatic heterocycles. The third-order valence-electron chi connectivity index (χ3n) is 9.12. The lowest BCUT2D eigenvalue weighted by Crippen LogP contribution is -2.29. The Balaban J connectivity index is 1.11. The molecule has 0 fully saturated rings. The SMILES string of the molecule is Cc1cccc(N(C(=O)CCCN(C)CCCC(=O)N(c2cccc(C(F)(F)F)c2)c2nc(-c3cccc([N+](=O)[O-])c3)cs2)c2nc(-c3cccc([N+](=O)[O-])c3)cs2)c1. The normalized spacial score (nSPS) is 11.4.